The van der Waals surface area contributed by atoms with Crippen LogP contribution in [0.15, 0.2) is 17.9 Å². The first kappa shape index (κ1) is 16.1. The Morgan fingerprint density at radius 2 is 1.82 bits per heavy atom. The smallest absolute Gasteiger partial charge is 0.317 e. The molecule has 0 radical (unpaired) electrons. The molecule has 1 atom stereocenters. The Labute approximate surface area is 129 Å². The normalized spacial score (nSPS) is 17.7. The summed E-state index contributed by atoms with van der Waals surface area (Å²) in [7, 11) is 4.33. The average Bonchev–Trinajstić information content (AvgIpc) is 2.82. The first-order valence-corrected chi connectivity index (χ1v) is 6.99. The van der Waals surface area contributed by atoms with Crippen LogP contribution in [0.3, 0.4) is 0 Å². The van der Waals surface area contributed by atoms with E-state index in [9.17, 15) is 9.59 Å². The van der Waals surface area contributed by atoms with Gasteiger partial charge in [-0.3, -0.25) is 9.59 Å². The molecule has 1 unspecified atom stereocenters. The molecule has 0 amide bonds. The Kier molecular flexibility index (Phi) is 4.54. The van der Waals surface area contributed by atoms with E-state index in [1.165, 1.54) is 14.2 Å². The molecule has 1 aliphatic rings. The zero-order valence-electron chi connectivity index (χ0n) is 13.5. The van der Waals surface area contributed by atoms with Crippen LogP contribution in [0, 0.1) is 19.8 Å². The van der Waals surface area contributed by atoms with Crippen molar-refractivity contribution in [1.82, 2.24) is 0 Å². The molecular weight excluding hydrogens is 284 g/mol. The highest BCUT2D eigenvalue weighted by molar-refractivity contribution is 6.30. The van der Waals surface area contributed by atoms with Gasteiger partial charge in [-0.15, -0.1) is 0 Å². The molecule has 0 fully saturated rings. The Bertz CT molecular complexity index is 657. The summed E-state index contributed by atoms with van der Waals surface area (Å²) in [5.74, 6) is -0.584. The van der Waals surface area contributed by atoms with E-state index in [4.69, 9.17) is 14.2 Å². The molecule has 1 aromatic carbocycles. The highest BCUT2D eigenvalue weighted by atomic mass is 16.5. The van der Waals surface area contributed by atoms with E-state index in [-0.39, 0.29) is 12.2 Å². The molecule has 0 saturated heterocycles. The summed E-state index contributed by atoms with van der Waals surface area (Å²) in [5.41, 5.74) is 3.03. The van der Waals surface area contributed by atoms with Gasteiger partial charge in [-0.05, 0) is 31.0 Å². The standard InChI is InChI=1S/C17H20O5/c1-9-6-10(2)14(12(7-9)20-3)15-13(21-4)8-11(16(15)18)17(19)22-5/h6-7,11H,8H2,1-5H3. The third kappa shape index (κ3) is 2.58. The van der Waals surface area contributed by atoms with Gasteiger partial charge in [0, 0.05) is 12.0 Å². The Hall–Kier alpha value is -2.30. The molecule has 0 saturated carbocycles. The lowest BCUT2D eigenvalue weighted by Crippen LogP contribution is -2.22. The molecule has 1 aromatic rings. The molecule has 0 aliphatic heterocycles. The summed E-state index contributed by atoms with van der Waals surface area (Å²) in [5, 5.41) is 0. The van der Waals surface area contributed by atoms with E-state index >= 15 is 0 Å². The van der Waals surface area contributed by atoms with Gasteiger partial charge >= 0.3 is 5.97 Å². The number of ether oxygens (including phenoxy) is 3. The summed E-state index contributed by atoms with van der Waals surface area (Å²) < 4.78 is 15.5. The average molecular weight is 304 g/mol. The van der Waals surface area contributed by atoms with E-state index in [2.05, 4.69) is 0 Å². The maximum Gasteiger partial charge on any atom is 0.317 e. The van der Waals surface area contributed by atoms with Crippen LogP contribution in [0.4, 0.5) is 0 Å². The second-order valence-corrected chi connectivity index (χ2v) is 5.31. The molecule has 1 aliphatic carbocycles. The third-order valence-corrected chi connectivity index (χ3v) is 3.88. The Morgan fingerprint density at radius 3 is 2.36 bits per heavy atom. The second-order valence-electron chi connectivity index (χ2n) is 5.31. The molecule has 0 spiro atoms. The van der Waals surface area contributed by atoms with Crippen molar-refractivity contribution in [3.05, 3.63) is 34.6 Å². The minimum absolute atomic E-state index is 0.216. The van der Waals surface area contributed by atoms with Crippen LogP contribution in [0.25, 0.3) is 5.57 Å². The van der Waals surface area contributed by atoms with Crippen molar-refractivity contribution < 1.29 is 23.8 Å². The van der Waals surface area contributed by atoms with Gasteiger partial charge in [0.25, 0.3) is 0 Å². The van der Waals surface area contributed by atoms with Crippen LogP contribution in [-0.2, 0) is 19.1 Å². The van der Waals surface area contributed by atoms with Gasteiger partial charge in [0.1, 0.15) is 17.4 Å². The van der Waals surface area contributed by atoms with Crippen LogP contribution < -0.4 is 4.74 Å². The summed E-state index contributed by atoms with van der Waals surface area (Å²) in [4.78, 5) is 24.5. The minimum Gasteiger partial charge on any atom is -0.500 e. The maximum atomic E-state index is 12.7. The van der Waals surface area contributed by atoms with Crippen molar-refractivity contribution in [3.8, 4) is 5.75 Å². The summed E-state index contributed by atoms with van der Waals surface area (Å²) in [6.07, 6.45) is 0.216. The van der Waals surface area contributed by atoms with Crippen LogP contribution >= 0.6 is 0 Å². The highest BCUT2D eigenvalue weighted by Gasteiger charge is 2.41. The highest BCUT2D eigenvalue weighted by Crippen LogP contribution is 2.41. The van der Waals surface area contributed by atoms with Gasteiger partial charge < -0.3 is 14.2 Å². The Balaban J connectivity index is 2.60. The second kappa shape index (κ2) is 6.22. The van der Waals surface area contributed by atoms with Gasteiger partial charge in [-0.1, -0.05) is 6.07 Å². The fourth-order valence-electron chi connectivity index (χ4n) is 2.88. The number of hydrogen-bond donors (Lipinski definition) is 0. The number of benzene rings is 1. The van der Waals surface area contributed by atoms with Crippen LogP contribution in [0.5, 0.6) is 5.75 Å². The molecule has 118 valence electrons. The molecular formula is C17H20O5. The number of carbonyl (C=O) groups is 2. The maximum absolute atomic E-state index is 12.7. The summed E-state index contributed by atoms with van der Waals surface area (Å²) in [6.45, 7) is 3.86. The number of aryl methyl sites for hydroxylation is 2. The number of Topliss-reactive ketones (excluding diaryl/α,β-unsaturated/α-hetero) is 1. The van der Waals surface area contributed by atoms with Gasteiger partial charge in [-0.25, -0.2) is 0 Å². The zero-order chi connectivity index (χ0) is 16.4. The third-order valence-electron chi connectivity index (χ3n) is 3.88. The van der Waals surface area contributed by atoms with Crippen molar-refractivity contribution in [2.45, 2.75) is 20.3 Å². The molecule has 0 heterocycles. The fourth-order valence-corrected chi connectivity index (χ4v) is 2.88. The first-order chi connectivity index (χ1) is 10.4. The molecule has 22 heavy (non-hydrogen) atoms. The van der Waals surface area contributed by atoms with Crippen LogP contribution in [-0.4, -0.2) is 33.1 Å². The lowest BCUT2D eigenvalue weighted by molar-refractivity contribution is -0.147. The van der Waals surface area contributed by atoms with Crippen molar-refractivity contribution in [1.29, 1.82) is 0 Å². The van der Waals surface area contributed by atoms with Crippen molar-refractivity contribution >= 4 is 17.3 Å². The van der Waals surface area contributed by atoms with E-state index in [1.807, 2.05) is 26.0 Å². The van der Waals surface area contributed by atoms with E-state index in [0.717, 1.165) is 11.1 Å². The van der Waals surface area contributed by atoms with Gasteiger partial charge in [0.2, 0.25) is 0 Å². The molecule has 0 bridgehead atoms. The van der Waals surface area contributed by atoms with Crippen LogP contribution in [0.1, 0.15) is 23.1 Å². The molecule has 0 N–H and O–H groups in total. The van der Waals surface area contributed by atoms with Crippen molar-refractivity contribution in [3.63, 3.8) is 0 Å². The molecule has 5 heteroatoms. The molecule has 5 nitrogen and oxygen atoms in total. The van der Waals surface area contributed by atoms with E-state index < -0.39 is 11.9 Å². The van der Waals surface area contributed by atoms with Gasteiger partial charge in [0.05, 0.1) is 26.9 Å². The van der Waals surface area contributed by atoms with Crippen molar-refractivity contribution in [2.75, 3.05) is 21.3 Å². The van der Waals surface area contributed by atoms with E-state index in [0.29, 0.717) is 22.6 Å². The number of esters is 1. The molecule has 2 rings (SSSR count). The number of carbonyl (C=O) groups excluding carboxylic acids is 2. The van der Waals surface area contributed by atoms with Crippen molar-refractivity contribution in [2.24, 2.45) is 5.92 Å². The first-order valence-electron chi connectivity index (χ1n) is 6.99. The predicted molar refractivity (Wildman–Crippen MR) is 81.5 cm³/mol. The fraction of sp³-hybridized carbons (Fsp3) is 0.412. The zero-order valence-corrected chi connectivity index (χ0v) is 13.5. The Morgan fingerprint density at radius 1 is 1.14 bits per heavy atom. The number of ketones is 1. The van der Waals surface area contributed by atoms with Gasteiger partial charge in [0.15, 0.2) is 5.78 Å². The summed E-state index contributed by atoms with van der Waals surface area (Å²) >= 11 is 0. The quantitative estimate of drug-likeness (QED) is 0.631. The van der Waals surface area contributed by atoms with Crippen LogP contribution in [0.2, 0.25) is 0 Å². The minimum atomic E-state index is -0.847. The number of hydrogen-bond acceptors (Lipinski definition) is 5. The monoisotopic (exact) mass is 304 g/mol. The van der Waals surface area contributed by atoms with E-state index in [1.54, 1.807) is 7.11 Å². The predicted octanol–water partition coefficient (Wildman–Crippen LogP) is 2.43. The lowest BCUT2D eigenvalue weighted by atomic mass is 9.94. The largest absolute Gasteiger partial charge is 0.500 e. The molecule has 0 aromatic heterocycles. The SMILES string of the molecule is COC(=O)C1CC(OC)=C(c2c(C)cc(C)cc2OC)C1=O. The topological polar surface area (TPSA) is 61.8 Å². The summed E-state index contributed by atoms with van der Waals surface area (Å²) in [6, 6.07) is 3.83. The van der Waals surface area contributed by atoms with Gasteiger partial charge in [-0.2, -0.15) is 0 Å². The lowest BCUT2D eigenvalue weighted by Gasteiger charge is -2.15. The number of rotatable bonds is 4. The number of methoxy groups -OCH3 is 3. The number of allylic oxidation sites excluding steroid dienone is 2.